The molecule has 1 aromatic rings. The summed E-state index contributed by atoms with van der Waals surface area (Å²) in [6.45, 7) is 5.88. The Kier molecular flexibility index (Phi) is 5.43. The van der Waals surface area contributed by atoms with Crippen LogP contribution < -0.4 is 9.88 Å². The molecule has 138 valence electrons. The number of amides is 1. The van der Waals surface area contributed by atoms with Crippen molar-refractivity contribution >= 4 is 21.9 Å². The molecule has 2 aliphatic rings. The first-order chi connectivity index (χ1) is 12.0. The van der Waals surface area contributed by atoms with Gasteiger partial charge in [0, 0.05) is 19.2 Å². The minimum absolute atomic E-state index is 0.279. The van der Waals surface area contributed by atoms with Crippen molar-refractivity contribution in [1.29, 1.82) is 0 Å². The topological polar surface area (TPSA) is 84.3 Å². The lowest BCUT2D eigenvalue weighted by Crippen LogP contribution is -2.50. The van der Waals surface area contributed by atoms with Crippen LogP contribution in [0, 0.1) is 0 Å². The van der Waals surface area contributed by atoms with Crippen LogP contribution in [0.2, 0.25) is 0 Å². The minimum Gasteiger partial charge on any atom is -0.450 e. The SMILES string of the molecule is CCOC(=O)N1CCN(c2ccc(S(=O)(=O)N3CCCC3)c[nH+]2)CC1. The van der Waals surface area contributed by atoms with Crippen LogP contribution in [-0.2, 0) is 14.8 Å². The molecular weight excluding hydrogens is 344 g/mol. The average molecular weight is 369 g/mol. The maximum atomic E-state index is 12.5. The minimum atomic E-state index is -3.40. The molecule has 2 aliphatic heterocycles. The van der Waals surface area contributed by atoms with Crippen molar-refractivity contribution in [3.63, 3.8) is 0 Å². The molecule has 0 spiro atoms. The van der Waals surface area contributed by atoms with E-state index in [0.717, 1.165) is 18.7 Å². The Labute approximate surface area is 148 Å². The van der Waals surface area contributed by atoms with Crippen molar-refractivity contribution in [2.45, 2.75) is 24.7 Å². The van der Waals surface area contributed by atoms with E-state index in [-0.39, 0.29) is 6.09 Å². The second-order valence-electron chi connectivity index (χ2n) is 6.19. The lowest BCUT2D eigenvalue weighted by Gasteiger charge is -2.30. The average Bonchev–Trinajstić information content (AvgIpc) is 3.18. The summed E-state index contributed by atoms with van der Waals surface area (Å²) in [4.78, 5) is 18.9. The maximum absolute atomic E-state index is 12.5. The van der Waals surface area contributed by atoms with Crippen LogP contribution in [0.4, 0.5) is 10.6 Å². The van der Waals surface area contributed by atoms with Gasteiger partial charge >= 0.3 is 6.09 Å². The van der Waals surface area contributed by atoms with Gasteiger partial charge in [-0.3, -0.25) is 4.90 Å². The molecule has 3 heterocycles. The van der Waals surface area contributed by atoms with E-state index in [4.69, 9.17) is 4.74 Å². The predicted octanol–water partition coefficient (Wildman–Crippen LogP) is 0.564. The van der Waals surface area contributed by atoms with Crippen LogP contribution in [0.1, 0.15) is 19.8 Å². The molecule has 0 unspecified atom stereocenters. The molecule has 1 N–H and O–H groups in total. The molecule has 0 aliphatic carbocycles. The first kappa shape index (κ1) is 17.9. The van der Waals surface area contributed by atoms with E-state index in [1.54, 1.807) is 30.2 Å². The molecule has 0 aromatic carbocycles. The van der Waals surface area contributed by atoms with E-state index >= 15 is 0 Å². The number of aromatic nitrogens is 1. The van der Waals surface area contributed by atoms with E-state index in [2.05, 4.69) is 9.88 Å². The Morgan fingerprint density at radius 1 is 1.12 bits per heavy atom. The number of carbonyl (C=O) groups excluding carboxylic acids is 1. The van der Waals surface area contributed by atoms with Gasteiger partial charge in [0.1, 0.15) is 24.2 Å². The summed E-state index contributed by atoms with van der Waals surface area (Å²) in [5.74, 6) is 0.851. The van der Waals surface area contributed by atoms with Crippen LogP contribution in [0.3, 0.4) is 0 Å². The van der Waals surface area contributed by atoms with Crippen molar-refractivity contribution < 1.29 is 22.9 Å². The molecule has 9 heteroatoms. The Hall–Kier alpha value is -1.87. The van der Waals surface area contributed by atoms with Gasteiger partial charge in [0.2, 0.25) is 10.0 Å². The van der Waals surface area contributed by atoms with E-state index in [0.29, 0.717) is 50.8 Å². The number of nitrogens with one attached hydrogen (secondary N) is 1. The fourth-order valence-corrected chi connectivity index (χ4v) is 4.67. The molecule has 0 saturated carbocycles. The number of hydrogen-bond donors (Lipinski definition) is 0. The number of carbonyl (C=O) groups is 1. The van der Waals surface area contributed by atoms with Gasteiger partial charge in [-0.05, 0) is 25.8 Å². The van der Waals surface area contributed by atoms with Gasteiger partial charge in [0.25, 0.3) is 5.82 Å². The van der Waals surface area contributed by atoms with E-state index in [1.807, 2.05) is 0 Å². The van der Waals surface area contributed by atoms with Crippen LogP contribution in [-0.4, -0.2) is 69.6 Å². The number of nitrogens with zero attached hydrogens (tertiary/aromatic N) is 3. The molecule has 25 heavy (non-hydrogen) atoms. The Balaban J connectivity index is 1.63. The molecule has 2 fully saturated rings. The highest BCUT2D eigenvalue weighted by Gasteiger charge is 2.30. The molecule has 2 saturated heterocycles. The van der Waals surface area contributed by atoms with Gasteiger partial charge < -0.3 is 9.64 Å². The van der Waals surface area contributed by atoms with Crippen molar-refractivity contribution in [1.82, 2.24) is 9.21 Å². The number of aromatic amines is 1. The molecular formula is C16H25N4O4S+. The molecule has 1 amide bonds. The van der Waals surface area contributed by atoms with Gasteiger partial charge in [-0.1, -0.05) is 0 Å². The molecule has 0 bridgehead atoms. The number of rotatable bonds is 4. The monoisotopic (exact) mass is 369 g/mol. The Morgan fingerprint density at radius 3 is 2.36 bits per heavy atom. The van der Waals surface area contributed by atoms with Crippen molar-refractivity contribution in [3.8, 4) is 0 Å². The van der Waals surface area contributed by atoms with Gasteiger partial charge in [0.05, 0.1) is 19.7 Å². The Morgan fingerprint density at radius 2 is 1.80 bits per heavy atom. The fraction of sp³-hybridized carbons (Fsp3) is 0.625. The van der Waals surface area contributed by atoms with Crippen LogP contribution in [0.15, 0.2) is 23.2 Å². The summed E-state index contributed by atoms with van der Waals surface area (Å²) < 4.78 is 31.6. The third-order valence-corrected chi connectivity index (χ3v) is 6.51. The predicted molar refractivity (Wildman–Crippen MR) is 91.8 cm³/mol. The molecule has 1 aromatic heterocycles. The number of ether oxygens (including phenoxy) is 1. The number of anilines is 1. The third-order valence-electron chi connectivity index (χ3n) is 4.62. The summed E-state index contributed by atoms with van der Waals surface area (Å²) in [6.07, 6.45) is 3.12. The van der Waals surface area contributed by atoms with Gasteiger partial charge in [-0.15, -0.1) is 0 Å². The molecule has 8 nitrogen and oxygen atoms in total. The molecule has 3 rings (SSSR count). The third kappa shape index (κ3) is 3.87. The summed E-state index contributed by atoms with van der Waals surface area (Å²) in [5.41, 5.74) is 0. The number of hydrogen-bond acceptors (Lipinski definition) is 5. The highest BCUT2D eigenvalue weighted by molar-refractivity contribution is 7.89. The number of pyridine rings is 1. The summed E-state index contributed by atoms with van der Waals surface area (Å²) in [7, 11) is -3.40. The van der Waals surface area contributed by atoms with E-state index < -0.39 is 10.0 Å². The number of sulfonamides is 1. The quantitative estimate of drug-likeness (QED) is 0.774. The van der Waals surface area contributed by atoms with Crippen LogP contribution in [0.25, 0.3) is 0 Å². The highest BCUT2D eigenvalue weighted by atomic mass is 32.2. The van der Waals surface area contributed by atoms with Crippen molar-refractivity contribution in [2.24, 2.45) is 0 Å². The highest BCUT2D eigenvalue weighted by Crippen LogP contribution is 2.21. The van der Waals surface area contributed by atoms with E-state index in [1.165, 1.54) is 4.31 Å². The summed E-state index contributed by atoms with van der Waals surface area (Å²) >= 11 is 0. The lowest BCUT2D eigenvalue weighted by molar-refractivity contribution is -0.367. The second-order valence-corrected chi connectivity index (χ2v) is 8.13. The molecule has 0 radical (unpaired) electrons. The second kappa shape index (κ2) is 7.57. The number of H-pyrrole nitrogens is 1. The van der Waals surface area contributed by atoms with Crippen molar-refractivity contribution in [2.75, 3.05) is 50.8 Å². The fourth-order valence-electron chi connectivity index (χ4n) is 3.18. The largest absolute Gasteiger partial charge is 0.450 e. The molecule has 0 atom stereocenters. The Bertz CT molecular complexity index is 693. The van der Waals surface area contributed by atoms with Gasteiger partial charge in [0.15, 0.2) is 0 Å². The zero-order chi connectivity index (χ0) is 17.9. The van der Waals surface area contributed by atoms with Crippen molar-refractivity contribution in [3.05, 3.63) is 18.3 Å². The standard InChI is InChI=1S/C16H24N4O4S/c1-2-24-16(21)19-11-9-18(10-12-19)15-6-5-14(13-17-15)25(22,23)20-7-3-4-8-20/h5-6,13H,2-4,7-12H2,1H3/p+1. The van der Waals surface area contributed by atoms with E-state index in [9.17, 15) is 13.2 Å². The number of piperazine rings is 1. The normalized spacial score (nSPS) is 19.2. The summed E-state index contributed by atoms with van der Waals surface area (Å²) in [6, 6.07) is 3.44. The maximum Gasteiger partial charge on any atom is 0.410 e. The zero-order valence-corrected chi connectivity index (χ0v) is 15.3. The van der Waals surface area contributed by atoms with Gasteiger partial charge in [-0.25, -0.2) is 18.2 Å². The van der Waals surface area contributed by atoms with Crippen LogP contribution >= 0.6 is 0 Å². The lowest BCUT2D eigenvalue weighted by atomic mass is 10.3. The first-order valence-corrected chi connectivity index (χ1v) is 10.1. The first-order valence-electron chi connectivity index (χ1n) is 8.71. The smallest absolute Gasteiger partial charge is 0.410 e. The summed E-state index contributed by atoms with van der Waals surface area (Å²) in [5, 5.41) is 0. The van der Waals surface area contributed by atoms with Crippen LogP contribution in [0.5, 0.6) is 0 Å². The van der Waals surface area contributed by atoms with Gasteiger partial charge in [-0.2, -0.15) is 4.31 Å². The zero-order valence-electron chi connectivity index (χ0n) is 14.5.